The van der Waals surface area contributed by atoms with Crippen LogP contribution in [0.2, 0.25) is 0 Å². The van der Waals surface area contributed by atoms with Crippen molar-refractivity contribution in [3.63, 3.8) is 0 Å². The highest BCUT2D eigenvalue weighted by Gasteiger charge is 2.16. The van der Waals surface area contributed by atoms with Crippen molar-refractivity contribution < 1.29 is 9.59 Å². The van der Waals surface area contributed by atoms with E-state index in [0.717, 1.165) is 36.8 Å². The van der Waals surface area contributed by atoms with Crippen molar-refractivity contribution in [3.8, 4) is 0 Å². The molecule has 0 aliphatic carbocycles. The Morgan fingerprint density at radius 1 is 1.15 bits per heavy atom. The Labute approximate surface area is 165 Å². The molecule has 2 aromatic rings. The molecule has 1 fully saturated rings. The standard InChI is InChI=1S/C18H22N4O2.2ClH/c23-16(7-6-13-8-10-19-11-13)21-12-17(24)22-15-5-1-3-14-4-2-9-20-18(14)15;;/h1-5,9,13,19H,6-8,10-12H2,(H,21,23)(H,22,24);2*1H. The van der Waals surface area contributed by atoms with Crippen molar-refractivity contribution in [2.45, 2.75) is 19.3 Å². The van der Waals surface area contributed by atoms with E-state index in [9.17, 15) is 9.59 Å². The number of rotatable bonds is 6. The summed E-state index contributed by atoms with van der Waals surface area (Å²) in [5.74, 6) is 0.253. The number of hydrogen-bond acceptors (Lipinski definition) is 4. The minimum atomic E-state index is -0.246. The van der Waals surface area contributed by atoms with Crippen LogP contribution in [-0.4, -0.2) is 36.4 Å². The summed E-state index contributed by atoms with van der Waals surface area (Å²) in [5, 5.41) is 9.74. The Morgan fingerprint density at radius 3 is 2.73 bits per heavy atom. The van der Waals surface area contributed by atoms with E-state index in [1.54, 1.807) is 6.20 Å². The lowest BCUT2D eigenvalue weighted by Gasteiger charge is -2.10. The van der Waals surface area contributed by atoms with E-state index in [0.29, 0.717) is 18.0 Å². The van der Waals surface area contributed by atoms with Crippen molar-refractivity contribution >= 4 is 53.2 Å². The number of carbonyl (C=O) groups is 2. The van der Waals surface area contributed by atoms with Crippen molar-refractivity contribution in [3.05, 3.63) is 36.5 Å². The molecule has 2 heterocycles. The van der Waals surface area contributed by atoms with E-state index in [-0.39, 0.29) is 43.2 Å². The Hall–Kier alpha value is -1.89. The molecule has 1 aliphatic rings. The molecule has 0 spiro atoms. The van der Waals surface area contributed by atoms with Gasteiger partial charge in [0.25, 0.3) is 0 Å². The summed E-state index contributed by atoms with van der Waals surface area (Å²) in [7, 11) is 0. The number of hydrogen-bond donors (Lipinski definition) is 3. The molecule has 1 aliphatic heterocycles. The number of amides is 2. The van der Waals surface area contributed by atoms with Gasteiger partial charge in [0.2, 0.25) is 11.8 Å². The molecule has 26 heavy (non-hydrogen) atoms. The minimum absolute atomic E-state index is 0. The first-order valence-corrected chi connectivity index (χ1v) is 8.33. The van der Waals surface area contributed by atoms with Gasteiger partial charge in [0, 0.05) is 18.0 Å². The van der Waals surface area contributed by atoms with Gasteiger partial charge in [-0.25, -0.2) is 0 Å². The van der Waals surface area contributed by atoms with Gasteiger partial charge in [0.15, 0.2) is 0 Å². The molecular weight excluding hydrogens is 375 g/mol. The third-order valence-corrected chi connectivity index (χ3v) is 4.29. The van der Waals surface area contributed by atoms with E-state index in [1.807, 2.05) is 30.3 Å². The van der Waals surface area contributed by atoms with Gasteiger partial charge in [-0.15, -0.1) is 24.8 Å². The first-order chi connectivity index (χ1) is 11.7. The van der Waals surface area contributed by atoms with Crippen LogP contribution in [0.15, 0.2) is 36.5 Å². The van der Waals surface area contributed by atoms with Gasteiger partial charge < -0.3 is 16.0 Å². The van der Waals surface area contributed by atoms with Crippen LogP contribution >= 0.6 is 24.8 Å². The highest BCUT2D eigenvalue weighted by molar-refractivity contribution is 6.01. The van der Waals surface area contributed by atoms with Crippen LogP contribution in [0.1, 0.15) is 19.3 Å². The summed E-state index contributed by atoms with van der Waals surface area (Å²) in [4.78, 5) is 28.2. The number of nitrogens with one attached hydrogen (secondary N) is 3. The van der Waals surface area contributed by atoms with Crippen LogP contribution in [0.3, 0.4) is 0 Å². The number of benzene rings is 1. The maximum Gasteiger partial charge on any atom is 0.243 e. The van der Waals surface area contributed by atoms with Crippen LogP contribution in [0, 0.1) is 5.92 Å². The summed E-state index contributed by atoms with van der Waals surface area (Å²) in [6.45, 7) is 2.00. The van der Waals surface area contributed by atoms with Gasteiger partial charge in [0.05, 0.1) is 17.7 Å². The van der Waals surface area contributed by atoms with Gasteiger partial charge in [-0.3, -0.25) is 14.6 Å². The zero-order valence-corrected chi connectivity index (χ0v) is 16.0. The lowest BCUT2D eigenvalue weighted by Crippen LogP contribution is -2.33. The van der Waals surface area contributed by atoms with Crippen LogP contribution in [0.5, 0.6) is 0 Å². The van der Waals surface area contributed by atoms with E-state index >= 15 is 0 Å². The van der Waals surface area contributed by atoms with Crippen molar-refractivity contribution in [1.82, 2.24) is 15.6 Å². The third kappa shape index (κ3) is 6.12. The van der Waals surface area contributed by atoms with E-state index in [2.05, 4.69) is 20.9 Å². The maximum atomic E-state index is 12.1. The van der Waals surface area contributed by atoms with Gasteiger partial charge in [-0.1, -0.05) is 18.2 Å². The van der Waals surface area contributed by atoms with Gasteiger partial charge in [0.1, 0.15) is 0 Å². The fraction of sp³-hybridized carbons (Fsp3) is 0.389. The van der Waals surface area contributed by atoms with Crippen LogP contribution < -0.4 is 16.0 Å². The lowest BCUT2D eigenvalue weighted by atomic mass is 10.0. The largest absolute Gasteiger partial charge is 0.347 e. The molecule has 3 rings (SSSR count). The third-order valence-electron chi connectivity index (χ3n) is 4.29. The zero-order valence-electron chi connectivity index (χ0n) is 14.4. The predicted molar refractivity (Wildman–Crippen MR) is 108 cm³/mol. The number of fused-ring (bicyclic) bond motifs is 1. The van der Waals surface area contributed by atoms with E-state index in [1.165, 1.54) is 0 Å². The molecule has 2 amide bonds. The molecule has 142 valence electrons. The average Bonchev–Trinajstić information content (AvgIpc) is 3.12. The zero-order chi connectivity index (χ0) is 16.8. The average molecular weight is 399 g/mol. The molecule has 1 atom stereocenters. The summed E-state index contributed by atoms with van der Waals surface area (Å²) in [6, 6.07) is 9.42. The molecule has 1 saturated heterocycles. The highest BCUT2D eigenvalue weighted by Crippen LogP contribution is 2.20. The molecule has 3 N–H and O–H groups in total. The molecule has 1 aromatic heterocycles. The Kier molecular flexibility index (Phi) is 9.34. The molecule has 1 aromatic carbocycles. The number of halogens is 2. The second kappa shape index (κ2) is 11.0. The molecule has 0 radical (unpaired) electrons. The van der Waals surface area contributed by atoms with Crippen LogP contribution in [0.25, 0.3) is 10.9 Å². The second-order valence-corrected chi connectivity index (χ2v) is 6.10. The van der Waals surface area contributed by atoms with Gasteiger partial charge in [-0.05, 0) is 44.0 Å². The number of nitrogens with zero attached hydrogens (tertiary/aromatic N) is 1. The summed E-state index contributed by atoms with van der Waals surface area (Å²) in [6.07, 6.45) is 4.16. The molecule has 6 nitrogen and oxygen atoms in total. The quantitative estimate of drug-likeness (QED) is 0.697. The lowest BCUT2D eigenvalue weighted by molar-refractivity contribution is -0.124. The van der Waals surface area contributed by atoms with E-state index in [4.69, 9.17) is 0 Å². The number of para-hydroxylation sites is 1. The molecule has 0 saturated carbocycles. The Morgan fingerprint density at radius 2 is 1.96 bits per heavy atom. The summed E-state index contributed by atoms with van der Waals surface area (Å²) < 4.78 is 0. The summed E-state index contributed by atoms with van der Waals surface area (Å²) in [5.41, 5.74) is 1.40. The van der Waals surface area contributed by atoms with Gasteiger partial charge >= 0.3 is 0 Å². The fourth-order valence-corrected chi connectivity index (χ4v) is 2.96. The topological polar surface area (TPSA) is 83.1 Å². The molecule has 0 bridgehead atoms. The summed E-state index contributed by atoms with van der Waals surface area (Å²) >= 11 is 0. The van der Waals surface area contributed by atoms with Crippen LogP contribution in [0.4, 0.5) is 5.69 Å². The number of carbonyl (C=O) groups excluding carboxylic acids is 2. The maximum absolute atomic E-state index is 12.1. The fourth-order valence-electron chi connectivity index (χ4n) is 2.96. The molecule has 1 unspecified atom stereocenters. The second-order valence-electron chi connectivity index (χ2n) is 6.10. The SMILES string of the molecule is Cl.Cl.O=C(CCC1CCNC1)NCC(=O)Nc1cccc2cccnc12. The van der Waals surface area contributed by atoms with E-state index < -0.39 is 0 Å². The molecular formula is C18H24Cl2N4O2. The molecule has 8 heteroatoms. The van der Waals surface area contributed by atoms with Crippen LogP contribution in [-0.2, 0) is 9.59 Å². The smallest absolute Gasteiger partial charge is 0.243 e. The number of anilines is 1. The van der Waals surface area contributed by atoms with Crippen molar-refractivity contribution in [2.24, 2.45) is 5.92 Å². The minimum Gasteiger partial charge on any atom is -0.347 e. The Bertz CT molecular complexity index is 731. The predicted octanol–water partition coefficient (Wildman–Crippen LogP) is 2.52. The highest BCUT2D eigenvalue weighted by atomic mass is 35.5. The number of pyridine rings is 1. The van der Waals surface area contributed by atoms with Crippen molar-refractivity contribution in [2.75, 3.05) is 25.0 Å². The van der Waals surface area contributed by atoms with Crippen molar-refractivity contribution in [1.29, 1.82) is 0 Å². The first kappa shape index (κ1) is 22.2. The normalized spacial score (nSPS) is 15.6. The number of aromatic nitrogens is 1. The first-order valence-electron chi connectivity index (χ1n) is 8.33. The Balaban J connectivity index is 0.00000169. The van der Waals surface area contributed by atoms with Gasteiger partial charge in [-0.2, -0.15) is 0 Å². The monoisotopic (exact) mass is 398 g/mol.